The molecule has 0 N–H and O–H groups in total. The Hall–Kier alpha value is -3.06. The van der Waals surface area contributed by atoms with Crippen LogP contribution in [0.3, 0.4) is 0 Å². The van der Waals surface area contributed by atoms with Gasteiger partial charge < -0.3 is 24.0 Å². The summed E-state index contributed by atoms with van der Waals surface area (Å²) in [5, 5.41) is 0. The van der Waals surface area contributed by atoms with Crippen LogP contribution in [0.25, 0.3) is 11.1 Å². The zero-order valence-corrected chi connectivity index (χ0v) is 18.2. The standard InChI is InChI=1S/C24H28N2O5/c1-4-29-23(28)26-13-11-24(12-14-26)30-16-20-15-19(9-10-21(20)31-24)17-5-7-18(8-6-17)22(27)25(2)3/h5-10,15H,4,11-14,16H2,1-3H3. The summed E-state index contributed by atoms with van der Waals surface area (Å²) in [4.78, 5) is 27.3. The number of carbonyl (C=O) groups is 2. The third kappa shape index (κ3) is 4.37. The van der Waals surface area contributed by atoms with Gasteiger partial charge >= 0.3 is 6.09 Å². The highest BCUT2D eigenvalue weighted by Gasteiger charge is 2.42. The van der Waals surface area contributed by atoms with Gasteiger partial charge in [-0.3, -0.25) is 4.79 Å². The highest BCUT2D eigenvalue weighted by Crippen LogP contribution is 2.39. The van der Waals surface area contributed by atoms with Crippen molar-refractivity contribution in [2.45, 2.75) is 32.2 Å². The molecule has 0 unspecified atom stereocenters. The maximum atomic E-state index is 12.1. The first-order valence-corrected chi connectivity index (χ1v) is 10.6. The highest BCUT2D eigenvalue weighted by molar-refractivity contribution is 5.94. The highest BCUT2D eigenvalue weighted by atomic mass is 16.7. The lowest BCUT2D eigenvalue weighted by Gasteiger charge is -2.43. The van der Waals surface area contributed by atoms with E-state index in [1.54, 1.807) is 30.8 Å². The average molecular weight is 424 g/mol. The van der Waals surface area contributed by atoms with Gasteiger partial charge in [-0.2, -0.15) is 0 Å². The van der Waals surface area contributed by atoms with E-state index in [0.717, 1.165) is 22.4 Å². The summed E-state index contributed by atoms with van der Waals surface area (Å²) >= 11 is 0. The third-order valence-corrected chi connectivity index (χ3v) is 5.77. The fourth-order valence-corrected chi connectivity index (χ4v) is 3.97. The van der Waals surface area contributed by atoms with Crippen molar-refractivity contribution >= 4 is 12.0 Å². The monoisotopic (exact) mass is 424 g/mol. The number of amides is 2. The Morgan fingerprint density at radius 1 is 1.06 bits per heavy atom. The summed E-state index contributed by atoms with van der Waals surface area (Å²) in [5.41, 5.74) is 3.72. The molecule has 2 aromatic rings. The number of hydrogen-bond acceptors (Lipinski definition) is 5. The molecule has 31 heavy (non-hydrogen) atoms. The van der Waals surface area contributed by atoms with Crippen molar-refractivity contribution in [3.8, 4) is 16.9 Å². The van der Waals surface area contributed by atoms with Crippen LogP contribution in [0, 0.1) is 0 Å². The lowest BCUT2D eigenvalue weighted by Crippen LogP contribution is -2.52. The smallest absolute Gasteiger partial charge is 0.409 e. The molecule has 164 valence electrons. The van der Waals surface area contributed by atoms with Crippen molar-refractivity contribution in [3.63, 3.8) is 0 Å². The molecule has 0 radical (unpaired) electrons. The summed E-state index contributed by atoms with van der Waals surface area (Å²) in [7, 11) is 3.49. The number of hydrogen-bond donors (Lipinski definition) is 0. The van der Waals surface area contributed by atoms with E-state index in [2.05, 4.69) is 6.07 Å². The first-order valence-electron chi connectivity index (χ1n) is 10.6. The quantitative estimate of drug-likeness (QED) is 0.747. The lowest BCUT2D eigenvalue weighted by atomic mass is 9.98. The van der Waals surface area contributed by atoms with Crippen molar-refractivity contribution in [2.75, 3.05) is 33.8 Å². The van der Waals surface area contributed by atoms with Crippen LogP contribution in [0.1, 0.15) is 35.7 Å². The lowest BCUT2D eigenvalue weighted by molar-refractivity contribution is -0.226. The molecule has 2 amide bonds. The minimum absolute atomic E-state index is 0.0157. The molecule has 2 aromatic carbocycles. The van der Waals surface area contributed by atoms with Gasteiger partial charge in [-0.25, -0.2) is 4.79 Å². The van der Waals surface area contributed by atoms with Crippen molar-refractivity contribution < 1.29 is 23.8 Å². The molecule has 0 aromatic heterocycles. The third-order valence-electron chi connectivity index (χ3n) is 5.77. The predicted octanol–water partition coefficient (Wildman–Crippen LogP) is 3.91. The van der Waals surface area contributed by atoms with E-state index in [9.17, 15) is 9.59 Å². The first-order chi connectivity index (χ1) is 14.9. The minimum atomic E-state index is -0.689. The number of carbonyl (C=O) groups excluding carboxylic acids is 2. The SMILES string of the molecule is CCOC(=O)N1CCC2(CC1)OCc1cc(-c3ccc(C(=O)N(C)C)cc3)ccc1O2. The predicted molar refractivity (Wildman–Crippen MR) is 116 cm³/mol. The summed E-state index contributed by atoms with van der Waals surface area (Å²) < 4.78 is 17.5. The maximum absolute atomic E-state index is 12.1. The summed E-state index contributed by atoms with van der Waals surface area (Å²) in [6.07, 6.45) is 0.930. The first kappa shape index (κ1) is 21.2. The van der Waals surface area contributed by atoms with Crippen LogP contribution in [0.5, 0.6) is 5.75 Å². The van der Waals surface area contributed by atoms with Gasteiger partial charge in [0, 0.05) is 51.2 Å². The van der Waals surface area contributed by atoms with Crippen LogP contribution < -0.4 is 4.74 Å². The van der Waals surface area contributed by atoms with E-state index in [-0.39, 0.29) is 12.0 Å². The van der Waals surface area contributed by atoms with Gasteiger partial charge in [0.15, 0.2) is 0 Å². The Labute approximate surface area is 182 Å². The van der Waals surface area contributed by atoms with Crippen LogP contribution >= 0.6 is 0 Å². The molecular formula is C24H28N2O5. The molecule has 0 aliphatic carbocycles. The summed E-state index contributed by atoms with van der Waals surface area (Å²) in [5.74, 6) is 0.114. The van der Waals surface area contributed by atoms with Crippen LogP contribution in [0.2, 0.25) is 0 Å². The normalized spacial score (nSPS) is 16.9. The van der Waals surface area contributed by atoms with E-state index >= 15 is 0 Å². The molecule has 7 nitrogen and oxygen atoms in total. The molecule has 2 aliphatic heterocycles. The molecule has 1 saturated heterocycles. The number of ether oxygens (including phenoxy) is 3. The molecule has 7 heteroatoms. The Balaban J connectivity index is 1.45. The molecule has 2 aliphatic rings. The fourth-order valence-electron chi connectivity index (χ4n) is 3.97. The van der Waals surface area contributed by atoms with Crippen molar-refractivity contribution in [2.24, 2.45) is 0 Å². The van der Waals surface area contributed by atoms with E-state index in [4.69, 9.17) is 14.2 Å². The van der Waals surface area contributed by atoms with Gasteiger partial charge in [-0.1, -0.05) is 18.2 Å². The average Bonchev–Trinajstić information content (AvgIpc) is 2.79. The Morgan fingerprint density at radius 2 is 1.74 bits per heavy atom. The van der Waals surface area contributed by atoms with Crippen molar-refractivity contribution in [1.29, 1.82) is 0 Å². The fraction of sp³-hybridized carbons (Fsp3) is 0.417. The molecule has 4 rings (SSSR count). The molecule has 2 heterocycles. The van der Waals surface area contributed by atoms with E-state index < -0.39 is 5.79 Å². The zero-order valence-electron chi connectivity index (χ0n) is 18.2. The number of nitrogens with zero attached hydrogens (tertiary/aromatic N) is 2. The number of fused-ring (bicyclic) bond motifs is 1. The zero-order chi connectivity index (χ0) is 22.0. The second kappa shape index (κ2) is 8.59. The van der Waals surface area contributed by atoms with Gasteiger partial charge in [0.2, 0.25) is 5.79 Å². The number of likely N-dealkylation sites (tertiary alicyclic amines) is 1. The second-order valence-electron chi connectivity index (χ2n) is 8.09. The summed E-state index contributed by atoms with van der Waals surface area (Å²) in [6.45, 7) is 3.73. The van der Waals surface area contributed by atoms with Crippen LogP contribution in [0.4, 0.5) is 4.79 Å². The van der Waals surface area contributed by atoms with Gasteiger partial charge in [0.25, 0.3) is 5.91 Å². The van der Waals surface area contributed by atoms with E-state index in [0.29, 0.717) is 44.7 Å². The number of benzene rings is 2. The number of piperidine rings is 1. The van der Waals surface area contributed by atoms with E-state index in [1.165, 1.54) is 0 Å². The van der Waals surface area contributed by atoms with Crippen LogP contribution in [0.15, 0.2) is 42.5 Å². The molecule has 0 saturated carbocycles. The second-order valence-corrected chi connectivity index (χ2v) is 8.09. The van der Waals surface area contributed by atoms with Gasteiger partial charge in [0.1, 0.15) is 5.75 Å². The summed E-state index contributed by atoms with van der Waals surface area (Å²) in [6, 6.07) is 13.7. The topological polar surface area (TPSA) is 68.3 Å². The Morgan fingerprint density at radius 3 is 2.39 bits per heavy atom. The van der Waals surface area contributed by atoms with Crippen LogP contribution in [-0.4, -0.2) is 61.4 Å². The van der Waals surface area contributed by atoms with Crippen molar-refractivity contribution in [1.82, 2.24) is 9.80 Å². The number of rotatable bonds is 3. The molecule has 0 atom stereocenters. The molecular weight excluding hydrogens is 396 g/mol. The molecule has 1 spiro atoms. The largest absolute Gasteiger partial charge is 0.462 e. The Bertz CT molecular complexity index is 962. The molecule has 1 fully saturated rings. The van der Waals surface area contributed by atoms with Crippen LogP contribution in [-0.2, 0) is 16.1 Å². The maximum Gasteiger partial charge on any atom is 0.409 e. The van der Waals surface area contributed by atoms with E-state index in [1.807, 2.05) is 36.4 Å². The van der Waals surface area contributed by atoms with Gasteiger partial charge in [0.05, 0.1) is 13.2 Å². The van der Waals surface area contributed by atoms with Gasteiger partial charge in [-0.15, -0.1) is 0 Å². The van der Waals surface area contributed by atoms with Gasteiger partial charge in [-0.05, 0) is 42.3 Å². The molecule has 0 bridgehead atoms. The minimum Gasteiger partial charge on any atom is -0.462 e. The Kier molecular flexibility index (Phi) is 5.87. The van der Waals surface area contributed by atoms with Crippen molar-refractivity contribution in [3.05, 3.63) is 53.6 Å².